The second kappa shape index (κ2) is 11.1. The van der Waals surface area contributed by atoms with Gasteiger partial charge in [0.05, 0.1) is 11.3 Å². The van der Waals surface area contributed by atoms with Gasteiger partial charge in [-0.05, 0) is 47.6 Å². The van der Waals surface area contributed by atoms with Crippen LogP contribution < -0.4 is 20.5 Å². The molecule has 0 saturated carbocycles. The SMILES string of the molecule is CC(C)(C)c1csc(NC(=O)c2ccn3c(=O)c(C=Cc4nnn[nH]4)c(N4CCC[C@@H](NS(=O)(=O)O)C4)nc3c2)n1. The lowest BCUT2D eigenvalue weighted by Gasteiger charge is -2.34. The first-order valence-corrected chi connectivity index (χ1v) is 14.9. The number of nitrogens with zero attached hydrogens (tertiary/aromatic N) is 7. The third kappa shape index (κ3) is 6.64. The van der Waals surface area contributed by atoms with E-state index in [4.69, 9.17) is 4.98 Å². The molecule has 1 aliphatic rings. The van der Waals surface area contributed by atoms with Crippen LogP contribution in [-0.4, -0.2) is 73.0 Å². The topological polar surface area (TPSA) is 200 Å². The molecular formula is C24H28N10O5S2. The number of anilines is 2. The minimum absolute atomic E-state index is 0.160. The summed E-state index contributed by atoms with van der Waals surface area (Å²) in [4.78, 5) is 37.7. The maximum atomic E-state index is 13.7. The molecule has 5 rings (SSSR count). The third-order valence-corrected chi connectivity index (χ3v) is 7.80. The van der Waals surface area contributed by atoms with E-state index in [1.54, 1.807) is 4.90 Å². The average molecular weight is 601 g/mol. The van der Waals surface area contributed by atoms with E-state index >= 15 is 0 Å². The van der Waals surface area contributed by atoms with Gasteiger partial charge >= 0.3 is 10.3 Å². The Morgan fingerprint density at radius 2 is 2.07 bits per heavy atom. The molecule has 41 heavy (non-hydrogen) atoms. The smallest absolute Gasteiger partial charge is 0.333 e. The Labute approximate surface area is 238 Å². The second-order valence-electron chi connectivity index (χ2n) is 10.5. The van der Waals surface area contributed by atoms with Crippen LogP contribution in [0.1, 0.15) is 61.1 Å². The first-order valence-electron chi connectivity index (χ1n) is 12.6. The lowest BCUT2D eigenvalue weighted by atomic mass is 9.93. The number of thiazole rings is 1. The van der Waals surface area contributed by atoms with Crippen molar-refractivity contribution in [2.45, 2.75) is 45.1 Å². The van der Waals surface area contributed by atoms with Gasteiger partial charge in [0.15, 0.2) is 11.0 Å². The Morgan fingerprint density at radius 3 is 2.76 bits per heavy atom. The molecule has 0 unspecified atom stereocenters. The predicted octanol–water partition coefficient (Wildman–Crippen LogP) is 1.75. The van der Waals surface area contributed by atoms with Gasteiger partial charge < -0.3 is 4.90 Å². The molecule has 0 spiro atoms. The van der Waals surface area contributed by atoms with Crippen molar-refractivity contribution in [3.63, 3.8) is 0 Å². The highest BCUT2D eigenvalue weighted by atomic mass is 32.2. The Kier molecular flexibility index (Phi) is 7.69. The number of fused-ring (bicyclic) bond motifs is 1. The summed E-state index contributed by atoms with van der Waals surface area (Å²) < 4.78 is 35.7. The first kappa shape index (κ1) is 28.5. The second-order valence-corrected chi connectivity index (χ2v) is 12.6. The average Bonchev–Trinajstić information content (AvgIpc) is 3.59. The summed E-state index contributed by atoms with van der Waals surface area (Å²) in [5.41, 5.74) is 0.983. The Morgan fingerprint density at radius 1 is 1.27 bits per heavy atom. The molecule has 1 fully saturated rings. The van der Waals surface area contributed by atoms with Crippen molar-refractivity contribution in [1.29, 1.82) is 0 Å². The molecule has 1 atom stereocenters. The van der Waals surface area contributed by atoms with E-state index in [1.165, 1.54) is 46.2 Å². The highest BCUT2D eigenvalue weighted by Crippen LogP contribution is 2.27. The summed E-state index contributed by atoms with van der Waals surface area (Å²) in [6.45, 7) is 6.75. The lowest BCUT2D eigenvalue weighted by molar-refractivity contribution is 0.102. The lowest BCUT2D eigenvalue weighted by Crippen LogP contribution is -2.48. The number of pyridine rings is 1. The maximum Gasteiger partial charge on any atom is 0.333 e. The van der Waals surface area contributed by atoms with Gasteiger partial charge in [0.2, 0.25) is 0 Å². The van der Waals surface area contributed by atoms with Crippen LogP contribution >= 0.6 is 11.3 Å². The van der Waals surface area contributed by atoms with Gasteiger partial charge in [0.25, 0.3) is 11.5 Å². The number of hydrogen-bond acceptors (Lipinski definition) is 11. The van der Waals surface area contributed by atoms with Crippen LogP contribution in [0.15, 0.2) is 28.5 Å². The monoisotopic (exact) mass is 600 g/mol. The fraction of sp³-hybridized carbons (Fsp3) is 0.375. The van der Waals surface area contributed by atoms with Gasteiger partial charge in [-0.1, -0.05) is 20.8 Å². The van der Waals surface area contributed by atoms with Gasteiger partial charge in [-0.2, -0.15) is 13.1 Å². The number of aromatic nitrogens is 7. The molecule has 15 nitrogen and oxygen atoms in total. The molecule has 5 heterocycles. The minimum Gasteiger partial charge on any atom is -0.354 e. The zero-order chi connectivity index (χ0) is 29.4. The van der Waals surface area contributed by atoms with Gasteiger partial charge in [-0.3, -0.25) is 23.9 Å². The number of H-pyrrole nitrogens is 1. The fourth-order valence-corrected chi connectivity index (χ4v) is 5.93. The molecule has 4 aromatic rings. The molecule has 4 aromatic heterocycles. The fourth-order valence-electron chi connectivity index (χ4n) is 4.39. The normalized spacial score (nSPS) is 16.5. The molecule has 1 aliphatic heterocycles. The number of amides is 1. The van der Waals surface area contributed by atoms with Gasteiger partial charge in [0, 0.05) is 41.7 Å². The van der Waals surface area contributed by atoms with Crippen molar-refractivity contribution in [1.82, 2.24) is 39.7 Å². The van der Waals surface area contributed by atoms with Crippen molar-refractivity contribution in [2.75, 3.05) is 23.3 Å². The minimum atomic E-state index is -4.42. The highest BCUT2D eigenvalue weighted by molar-refractivity contribution is 7.83. The summed E-state index contributed by atoms with van der Waals surface area (Å²) in [6, 6.07) is 2.43. The molecule has 0 aliphatic carbocycles. The molecule has 1 amide bonds. The zero-order valence-corrected chi connectivity index (χ0v) is 24.0. The quantitative estimate of drug-likeness (QED) is 0.225. The Bertz CT molecular complexity index is 1770. The Balaban J connectivity index is 1.52. The first-order chi connectivity index (χ1) is 19.4. The molecule has 0 bridgehead atoms. The number of aromatic amines is 1. The van der Waals surface area contributed by atoms with Crippen LogP contribution in [0.3, 0.4) is 0 Å². The Hall–Kier alpha value is -4.06. The summed E-state index contributed by atoms with van der Waals surface area (Å²) in [6.07, 6.45) is 5.59. The van der Waals surface area contributed by atoms with Crippen LogP contribution in [0, 0.1) is 0 Å². The number of carbonyl (C=O) groups excluding carboxylic acids is 1. The van der Waals surface area contributed by atoms with Gasteiger partial charge in [0.1, 0.15) is 11.5 Å². The van der Waals surface area contributed by atoms with Gasteiger partial charge in [-0.25, -0.2) is 15.1 Å². The van der Waals surface area contributed by atoms with E-state index < -0.39 is 27.8 Å². The summed E-state index contributed by atoms with van der Waals surface area (Å²) in [7, 11) is -4.42. The number of carbonyl (C=O) groups is 1. The van der Waals surface area contributed by atoms with Crippen LogP contribution in [0.25, 0.3) is 17.8 Å². The number of tetrazole rings is 1. The number of rotatable bonds is 7. The van der Waals surface area contributed by atoms with Crippen LogP contribution in [0.5, 0.6) is 0 Å². The van der Waals surface area contributed by atoms with Crippen LogP contribution in [-0.2, 0) is 15.7 Å². The van der Waals surface area contributed by atoms with Crippen molar-refractivity contribution in [3.8, 4) is 0 Å². The summed E-state index contributed by atoms with van der Waals surface area (Å²) in [5.74, 6) is 0.192. The molecular weight excluding hydrogens is 572 g/mol. The van der Waals surface area contributed by atoms with Crippen molar-refractivity contribution in [2.24, 2.45) is 0 Å². The van der Waals surface area contributed by atoms with E-state index in [0.717, 1.165) is 5.69 Å². The largest absolute Gasteiger partial charge is 0.354 e. The van der Waals surface area contributed by atoms with Crippen LogP contribution in [0.2, 0.25) is 0 Å². The predicted molar refractivity (Wildman–Crippen MR) is 153 cm³/mol. The molecule has 216 valence electrons. The van der Waals surface area contributed by atoms with E-state index in [2.05, 4.69) is 35.6 Å². The van der Waals surface area contributed by atoms with Crippen LogP contribution in [0.4, 0.5) is 10.9 Å². The van der Waals surface area contributed by atoms with Crippen molar-refractivity contribution < 1.29 is 17.8 Å². The number of piperidine rings is 1. The van der Waals surface area contributed by atoms with E-state index in [0.29, 0.717) is 30.3 Å². The van der Waals surface area contributed by atoms with E-state index in [1.807, 2.05) is 26.2 Å². The van der Waals surface area contributed by atoms with Crippen molar-refractivity contribution in [3.05, 3.63) is 56.7 Å². The highest BCUT2D eigenvalue weighted by Gasteiger charge is 2.27. The molecule has 17 heteroatoms. The van der Waals surface area contributed by atoms with Crippen molar-refractivity contribution >= 4 is 56.3 Å². The van der Waals surface area contributed by atoms with E-state index in [-0.39, 0.29) is 34.6 Å². The van der Waals surface area contributed by atoms with E-state index in [9.17, 15) is 22.6 Å². The maximum absolute atomic E-state index is 13.7. The summed E-state index contributed by atoms with van der Waals surface area (Å²) in [5, 5.41) is 18.6. The summed E-state index contributed by atoms with van der Waals surface area (Å²) >= 11 is 1.33. The number of nitrogens with one attached hydrogen (secondary N) is 3. The molecule has 0 aromatic carbocycles. The molecule has 4 N–H and O–H groups in total. The third-order valence-electron chi connectivity index (χ3n) is 6.41. The molecule has 1 saturated heterocycles. The van der Waals surface area contributed by atoms with Gasteiger partial charge in [-0.15, -0.1) is 16.4 Å². The molecule has 0 radical (unpaired) electrons. The zero-order valence-electron chi connectivity index (χ0n) is 22.4. The number of hydrogen-bond donors (Lipinski definition) is 4. The standard InChI is InChI=1S/C24H28N10O5S2/c1-24(2,3)17-13-40-23(25-17)27-21(35)14-8-10-34-19(11-14)26-20(16(22(34)36)6-7-18-28-31-32-29-18)33-9-4-5-15(12-33)30-41(37,38)39/h6-8,10-11,13,15,30H,4-5,9,12H2,1-3H3,(H,25,27,35)(H,37,38,39)(H,28,29,31,32)/t15-/m1/s1.